The summed E-state index contributed by atoms with van der Waals surface area (Å²) in [5, 5.41) is 6.52. The van der Waals surface area contributed by atoms with E-state index in [-0.39, 0.29) is 6.04 Å². The molecule has 0 radical (unpaired) electrons. The van der Waals surface area contributed by atoms with Crippen molar-refractivity contribution in [2.45, 2.75) is 24.8 Å². The monoisotopic (exact) mass is 351 g/mol. The topological polar surface area (TPSA) is 62.7 Å². The Morgan fingerprint density at radius 3 is 2.16 bits per heavy atom. The predicted octanol–water partition coefficient (Wildman–Crippen LogP) is 4.82. The Hall–Kier alpha value is -2.60. The zero-order chi connectivity index (χ0) is 17.6. The Kier molecular flexibility index (Phi) is 5.50. The van der Waals surface area contributed by atoms with E-state index in [2.05, 4.69) is 57.8 Å². The highest BCUT2D eigenvalue weighted by atomic mass is 32.2. The molecule has 128 valence electrons. The molecule has 25 heavy (non-hydrogen) atoms. The van der Waals surface area contributed by atoms with Crippen molar-refractivity contribution >= 4 is 29.3 Å². The van der Waals surface area contributed by atoms with Gasteiger partial charge in [-0.05, 0) is 44.4 Å². The predicted molar refractivity (Wildman–Crippen MR) is 106 cm³/mol. The third-order valence-corrected chi connectivity index (χ3v) is 4.17. The van der Waals surface area contributed by atoms with Crippen LogP contribution in [0.4, 0.5) is 17.6 Å². The van der Waals surface area contributed by atoms with Crippen molar-refractivity contribution in [3.8, 4) is 11.4 Å². The Morgan fingerprint density at radius 1 is 0.840 bits per heavy atom. The van der Waals surface area contributed by atoms with Gasteiger partial charge in [0.15, 0.2) is 5.82 Å². The van der Waals surface area contributed by atoms with Gasteiger partial charge in [-0.3, -0.25) is 0 Å². The van der Waals surface area contributed by atoms with Crippen LogP contribution < -0.4 is 10.6 Å². The van der Waals surface area contributed by atoms with Crippen molar-refractivity contribution in [2.24, 2.45) is 0 Å². The van der Waals surface area contributed by atoms with Crippen molar-refractivity contribution in [1.29, 1.82) is 0 Å². The van der Waals surface area contributed by atoms with E-state index in [9.17, 15) is 0 Å². The molecule has 0 saturated heterocycles. The molecule has 0 amide bonds. The number of nitrogens with zero attached hydrogens (tertiary/aromatic N) is 3. The fourth-order valence-corrected chi connectivity index (χ4v) is 2.68. The van der Waals surface area contributed by atoms with Gasteiger partial charge in [-0.2, -0.15) is 15.0 Å². The number of aromatic nitrogens is 3. The van der Waals surface area contributed by atoms with E-state index >= 15 is 0 Å². The minimum absolute atomic E-state index is 0.236. The summed E-state index contributed by atoms with van der Waals surface area (Å²) in [6.45, 7) is 4.11. The smallest absolute Gasteiger partial charge is 0.232 e. The lowest BCUT2D eigenvalue weighted by atomic mass is 10.2. The van der Waals surface area contributed by atoms with Crippen LogP contribution in [0.5, 0.6) is 0 Å². The van der Waals surface area contributed by atoms with Gasteiger partial charge in [0.05, 0.1) is 0 Å². The summed E-state index contributed by atoms with van der Waals surface area (Å²) < 4.78 is 0. The third kappa shape index (κ3) is 4.70. The van der Waals surface area contributed by atoms with Gasteiger partial charge in [0.25, 0.3) is 0 Å². The second kappa shape index (κ2) is 7.98. The number of hydrogen-bond acceptors (Lipinski definition) is 6. The molecule has 0 unspecified atom stereocenters. The number of thioether (sulfide) groups is 1. The molecule has 0 aliphatic carbocycles. The van der Waals surface area contributed by atoms with Crippen molar-refractivity contribution in [2.75, 3.05) is 16.9 Å². The first-order valence-electron chi connectivity index (χ1n) is 8.13. The second-order valence-electron chi connectivity index (χ2n) is 5.82. The molecule has 0 aliphatic rings. The lowest BCUT2D eigenvalue weighted by Gasteiger charge is -2.12. The molecule has 0 atom stereocenters. The van der Waals surface area contributed by atoms with Crippen LogP contribution in [-0.4, -0.2) is 27.2 Å². The molecule has 5 nitrogen and oxygen atoms in total. The minimum Gasteiger partial charge on any atom is -0.352 e. The highest BCUT2D eigenvalue weighted by molar-refractivity contribution is 7.98. The van der Waals surface area contributed by atoms with Crippen LogP contribution >= 0.6 is 11.8 Å². The fourth-order valence-electron chi connectivity index (χ4n) is 2.27. The van der Waals surface area contributed by atoms with Gasteiger partial charge in [-0.25, -0.2) is 0 Å². The number of nitrogens with one attached hydrogen (secondary N) is 2. The average Bonchev–Trinajstić information content (AvgIpc) is 2.62. The number of benzene rings is 2. The zero-order valence-corrected chi connectivity index (χ0v) is 15.3. The average molecular weight is 351 g/mol. The molecule has 6 heteroatoms. The van der Waals surface area contributed by atoms with Crippen LogP contribution in [0.1, 0.15) is 13.8 Å². The van der Waals surface area contributed by atoms with Crippen LogP contribution in [0.25, 0.3) is 11.4 Å². The van der Waals surface area contributed by atoms with Crippen LogP contribution in [0, 0.1) is 0 Å². The highest BCUT2D eigenvalue weighted by Crippen LogP contribution is 2.22. The van der Waals surface area contributed by atoms with Crippen molar-refractivity contribution < 1.29 is 0 Å². The van der Waals surface area contributed by atoms with E-state index in [1.54, 1.807) is 11.8 Å². The summed E-state index contributed by atoms with van der Waals surface area (Å²) in [6.07, 6.45) is 2.06. The van der Waals surface area contributed by atoms with E-state index in [4.69, 9.17) is 0 Å². The number of anilines is 3. The Morgan fingerprint density at radius 2 is 1.52 bits per heavy atom. The summed E-state index contributed by atoms with van der Waals surface area (Å²) >= 11 is 1.71. The van der Waals surface area contributed by atoms with Gasteiger partial charge in [-0.1, -0.05) is 30.3 Å². The van der Waals surface area contributed by atoms with Gasteiger partial charge >= 0.3 is 0 Å². The molecule has 0 fully saturated rings. The number of rotatable bonds is 6. The lowest BCUT2D eigenvalue weighted by molar-refractivity contribution is 0.869. The summed E-state index contributed by atoms with van der Waals surface area (Å²) in [7, 11) is 0. The lowest BCUT2D eigenvalue weighted by Crippen LogP contribution is -2.14. The largest absolute Gasteiger partial charge is 0.352 e. The van der Waals surface area contributed by atoms with Gasteiger partial charge in [0.2, 0.25) is 11.9 Å². The van der Waals surface area contributed by atoms with Crippen molar-refractivity contribution in [3.63, 3.8) is 0 Å². The molecule has 0 saturated carbocycles. The SMILES string of the molecule is CSc1ccc(Nc2nc(NC(C)C)nc(-c3ccccc3)n2)cc1. The molecule has 0 spiro atoms. The Labute approximate surface area is 152 Å². The molecule has 3 rings (SSSR count). The normalized spacial score (nSPS) is 10.7. The van der Waals surface area contributed by atoms with Crippen LogP contribution in [0.15, 0.2) is 59.5 Å². The zero-order valence-electron chi connectivity index (χ0n) is 14.5. The molecule has 0 aliphatic heterocycles. The molecule has 0 bridgehead atoms. The van der Waals surface area contributed by atoms with Crippen molar-refractivity contribution in [3.05, 3.63) is 54.6 Å². The summed E-state index contributed by atoms with van der Waals surface area (Å²) in [5.41, 5.74) is 1.90. The molecule has 1 aromatic heterocycles. The molecule has 1 heterocycles. The maximum Gasteiger partial charge on any atom is 0.232 e. The third-order valence-electron chi connectivity index (χ3n) is 3.43. The molecular formula is C19H21N5S. The van der Waals surface area contributed by atoms with E-state index in [1.807, 2.05) is 42.5 Å². The molecular weight excluding hydrogens is 330 g/mol. The van der Waals surface area contributed by atoms with E-state index in [0.717, 1.165) is 11.3 Å². The van der Waals surface area contributed by atoms with Crippen LogP contribution in [0.3, 0.4) is 0 Å². The van der Waals surface area contributed by atoms with Gasteiger partial charge < -0.3 is 10.6 Å². The van der Waals surface area contributed by atoms with E-state index < -0.39 is 0 Å². The van der Waals surface area contributed by atoms with Gasteiger partial charge in [0, 0.05) is 22.2 Å². The van der Waals surface area contributed by atoms with Crippen LogP contribution in [-0.2, 0) is 0 Å². The molecule has 3 aromatic rings. The Bertz CT molecular complexity index is 819. The first-order valence-corrected chi connectivity index (χ1v) is 9.35. The summed E-state index contributed by atoms with van der Waals surface area (Å²) in [5.74, 6) is 1.72. The molecule has 2 N–H and O–H groups in total. The summed E-state index contributed by atoms with van der Waals surface area (Å²) in [6, 6.07) is 18.3. The van der Waals surface area contributed by atoms with E-state index in [1.165, 1.54) is 4.90 Å². The molecule has 2 aromatic carbocycles. The highest BCUT2D eigenvalue weighted by Gasteiger charge is 2.09. The van der Waals surface area contributed by atoms with Crippen LogP contribution in [0.2, 0.25) is 0 Å². The first-order chi connectivity index (χ1) is 12.1. The maximum atomic E-state index is 4.57. The van der Waals surface area contributed by atoms with E-state index in [0.29, 0.717) is 17.7 Å². The van der Waals surface area contributed by atoms with Crippen molar-refractivity contribution in [1.82, 2.24) is 15.0 Å². The Balaban J connectivity index is 1.93. The second-order valence-corrected chi connectivity index (χ2v) is 6.70. The summed E-state index contributed by atoms with van der Waals surface area (Å²) in [4.78, 5) is 14.8. The fraction of sp³-hybridized carbons (Fsp3) is 0.211. The van der Waals surface area contributed by atoms with Gasteiger partial charge in [-0.15, -0.1) is 11.8 Å². The van der Waals surface area contributed by atoms with Gasteiger partial charge in [0.1, 0.15) is 0 Å². The minimum atomic E-state index is 0.236. The maximum absolute atomic E-state index is 4.57. The standard InChI is InChI=1S/C19H21N5S/c1-13(2)20-18-22-17(14-7-5-4-6-8-14)23-19(24-18)21-15-9-11-16(25-3)12-10-15/h4-13H,1-3H3,(H2,20,21,22,23,24). The first kappa shape index (κ1) is 17.2. The quantitative estimate of drug-likeness (QED) is 0.621. The number of hydrogen-bond donors (Lipinski definition) is 2.